The van der Waals surface area contributed by atoms with Gasteiger partial charge in [-0.15, -0.1) is 0 Å². The quantitative estimate of drug-likeness (QED) is 0.767. The van der Waals surface area contributed by atoms with Gasteiger partial charge in [-0.1, -0.05) is 6.92 Å². The summed E-state index contributed by atoms with van der Waals surface area (Å²) in [5.41, 5.74) is 0. The molecular formula is C14H26N2O4. The minimum absolute atomic E-state index is 0.0971. The van der Waals surface area contributed by atoms with E-state index >= 15 is 0 Å². The Hall–Kier alpha value is -1.30. The number of hydrogen-bond donors (Lipinski definition) is 2. The predicted molar refractivity (Wildman–Crippen MR) is 75.2 cm³/mol. The van der Waals surface area contributed by atoms with Crippen molar-refractivity contribution in [2.24, 2.45) is 5.92 Å². The van der Waals surface area contributed by atoms with E-state index in [1.54, 1.807) is 11.8 Å². The SMILES string of the molecule is CCCC(=O)N1CC(CCO)CC(NC(=O)OCC)C1. The van der Waals surface area contributed by atoms with Crippen LogP contribution in [0.4, 0.5) is 4.79 Å². The highest BCUT2D eigenvalue weighted by Crippen LogP contribution is 2.21. The van der Waals surface area contributed by atoms with Gasteiger partial charge in [-0.3, -0.25) is 4.79 Å². The van der Waals surface area contributed by atoms with Crippen LogP contribution in [0.15, 0.2) is 0 Å². The topological polar surface area (TPSA) is 78.9 Å². The van der Waals surface area contributed by atoms with E-state index < -0.39 is 6.09 Å². The van der Waals surface area contributed by atoms with Gasteiger partial charge in [-0.2, -0.15) is 0 Å². The molecule has 2 amide bonds. The van der Waals surface area contributed by atoms with Crippen molar-refractivity contribution in [2.45, 2.75) is 45.6 Å². The fraction of sp³-hybridized carbons (Fsp3) is 0.857. The van der Waals surface area contributed by atoms with Gasteiger partial charge < -0.3 is 20.1 Å². The third-order valence-electron chi connectivity index (χ3n) is 3.49. The fourth-order valence-corrected chi connectivity index (χ4v) is 2.62. The molecule has 1 fully saturated rings. The Morgan fingerprint density at radius 1 is 1.35 bits per heavy atom. The minimum atomic E-state index is -0.440. The Morgan fingerprint density at radius 2 is 2.10 bits per heavy atom. The first kappa shape index (κ1) is 16.8. The van der Waals surface area contributed by atoms with Gasteiger partial charge in [0.2, 0.25) is 5.91 Å². The molecule has 6 nitrogen and oxygen atoms in total. The smallest absolute Gasteiger partial charge is 0.407 e. The molecule has 1 heterocycles. The van der Waals surface area contributed by atoms with Crippen molar-refractivity contribution in [1.82, 2.24) is 10.2 Å². The lowest BCUT2D eigenvalue weighted by atomic mass is 9.91. The molecule has 116 valence electrons. The van der Waals surface area contributed by atoms with Crippen LogP contribution in [0.5, 0.6) is 0 Å². The monoisotopic (exact) mass is 286 g/mol. The number of carbonyl (C=O) groups excluding carboxylic acids is 2. The van der Waals surface area contributed by atoms with E-state index in [9.17, 15) is 9.59 Å². The molecule has 1 aliphatic heterocycles. The molecule has 2 atom stereocenters. The van der Waals surface area contributed by atoms with Gasteiger partial charge in [0.25, 0.3) is 0 Å². The van der Waals surface area contributed by atoms with Crippen molar-refractivity contribution < 1.29 is 19.4 Å². The molecule has 0 aromatic heterocycles. The highest BCUT2D eigenvalue weighted by molar-refractivity contribution is 5.76. The van der Waals surface area contributed by atoms with Crippen LogP contribution in [0.3, 0.4) is 0 Å². The maximum atomic E-state index is 12.0. The van der Waals surface area contributed by atoms with Crippen molar-refractivity contribution in [3.63, 3.8) is 0 Å². The molecule has 0 bridgehead atoms. The Bertz CT molecular complexity index is 322. The molecule has 0 aromatic rings. The zero-order valence-electron chi connectivity index (χ0n) is 12.4. The van der Waals surface area contributed by atoms with Crippen molar-refractivity contribution >= 4 is 12.0 Å². The first-order valence-corrected chi connectivity index (χ1v) is 7.42. The van der Waals surface area contributed by atoms with E-state index in [-0.39, 0.29) is 24.5 Å². The number of rotatable bonds is 6. The first-order chi connectivity index (χ1) is 9.60. The zero-order chi connectivity index (χ0) is 15.0. The van der Waals surface area contributed by atoms with E-state index in [2.05, 4.69) is 5.32 Å². The normalized spacial score (nSPS) is 22.4. The molecule has 1 aliphatic rings. The summed E-state index contributed by atoms with van der Waals surface area (Å²) in [6.07, 6.45) is 2.32. The maximum Gasteiger partial charge on any atom is 0.407 e. The lowest BCUT2D eigenvalue weighted by molar-refractivity contribution is -0.133. The molecule has 1 rings (SSSR count). The lowest BCUT2D eigenvalue weighted by Crippen LogP contribution is -2.52. The van der Waals surface area contributed by atoms with Crippen LogP contribution in [-0.4, -0.2) is 54.4 Å². The Balaban J connectivity index is 2.60. The summed E-state index contributed by atoms with van der Waals surface area (Å²) >= 11 is 0. The highest BCUT2D eigenvalue weighted by Gasteiger charge is 2.30. The number of piperidine rings is 1. The Kier molecular flexibility index (Phi) is 7.36. The van der Waals surface area contributed by atoms with Gasteiger partial charge in [0.1, 0.15) is 0 Å². The second kappa shape index (κ2) is 8.79. The van der Waals surface area contributed by atoms with E-state index in [4.69, 9.17) is 9.84 Å². The van der Waals surface area contributed by atoms with Crippen molar-refractivity contribution in [3.05, 3.63) is 0 Å². The number of nitrogens with one attached hydrogen (secondary N) is 1. The van der Waals surface area contributed by atoms with Crippen molar-refractivity contribution in [1.29, 1.82) is 0 Å². The maximum absolute atomic E-state index is 12.0. The molecule has 0 radical (unpaired) electrons. The summed E-state index contributed by atoms with van der Waals surface area (Å²) in [6.45, 7) is 5.36. The standard InChI is InChI=1S/C14H26N2O4/c1-3-5-13(18)16-9-11(6-7-17)8-12(10-16)15-14(19)20-4-2/h11-12,17H,3-10H2,1-2H3,(H,15,19). The number of carbonyl (C=O) groups is 2. The number of aliphatic hydroxyl groups excluding tert-OH is 1. The highest BCUT2D eigenvalue weighted by atomic mass is 16.5. The van der Waals surface area contributed by atoms with Gasteiger partial charge in [0.15, 0.2) is 0 Å². The summed E-state index contributed by atoms with van der Waals surface area (Å²) in [4.78, 5) is 25.3. The summed E-state index contributed by atoms with van der Waals surface area (Å²) in [7, 11) is 0. The molecule has 0 saturated carbocycles. The van der Waals surface area contributed by atoms with Gasteiger partial charge in [-0.05, 0) is 32.1 Å². The number of ether oxygens (including phenoxy) is 1. The number of alkyl carbamates (subject to hydrolysis) is 1. The van der Waals surface area contributed by atoms with E-state index in [1.807, 2.05) is 6.92 Å². The summed E-state index contributed by atoms with van der Waals surface area (Å²) in [5.74, 6) is 0.340. The van der Waals surface area contributed by atoms with Gasteiger partial charge in [0.05, 0.1) is 12.6 Å². The van der Waals surface area contributed by atoms with Crippen LogP contribution in [-0.2, 0) is 9.53 Å². The van der Waals surface area contributed by atoms with Crippen LogP contribution in [0.1, 0.15) is 39.5 Å². The Labute approximate surface area is 120 Å². The first-order valence-electron chi connectivity index (χ1n) is 7.42. The van der Waals surface area contributed by atoms with Crippen molar-refractivity contribution in [3.8, 4) is 0 Å². The largest absolute Gasteiger partial charge is 0.450 e. The number of amides is 2. The summed E-state index contributed by atoms with van der Waals surface area (Å²) in [6, 6.07) is -0.0971. The second-order valence-electron chi connectivity index (χ2n) is 5.22. The second-order valence-corrected chi connectivity index (χ2v) is 5.22. The van der Waals surface area contributed by atoms with Gasteiger partial charge in [0, 0.05) is 26.1 Å². The predicted octanol–water partition coefficient (Wildman–Crippen LogP) is 1.13. The van der Waals surface area contributed by atoms with E-state index in [1.165, 1.54) is 0 Å². The van der Waals surface area contributed by atoms with Crippen LogP contribution >= 0.6 is 0 Å². The van der Waals surface area contributed by atoms with Gasteiger partial charge >= 0.3 is 6.09 Å². The van der Waals surface area contributed by atoms with Crippen LogP contribution < -0.4 is 5.32 Å². The van der Waals surface area contributed by atoms with E-state index in [0.29, 0.717) is 32.5 Å². The molecule has 0 spiro atoms. The Morgan fingerprint density at radius 3 is 2.70 bits per heavy atom. The minimum Gasteiger partial charge on any atom is -0.450 e. The lowest BCUT2D eigenvalue weighted by Gasteiger charge is -2.38. The third-order valence-corrected chi connectivity index (χ3v) is 3.49. The fourth-order valence-electron chi connectivity index (χ4n) is 2.62. The molecular weight excluding hydrogens is 260 g/mol. The molecule has 0 aromatic carbocycles. The average Bonchev–Trinajstić information content (AvgIpc) is 2.39. The molecule has 6 heteroatoms. The van der Waals surface area contributed by atoms with Crippen LogP contribution in [0, 0.1) is 5.92 Å². The average molecular weight is 286 g/mol. The molecule has 2 N–H and O–H groups in total. The zero-order valence-corrected chi connectivity index (χ0v) is 12.4. The summed E-state index contributed by atoms with van der Waals surface area (Å²) < 4.78 is 4.88. The number of likely N-dealkylation sites (tertiary alicyclic amines) is 1. The molecule has 0 aliphatic carbocycles. The molecule has 1 saturated heterocycles. The third kappa shape index (κ3) is 5.36. The van der Waals surface area contributed by atoms with E-state index in [0.717, 1.165) is 12.8 Å². The van der Waals surface area contributed by atoms with Gasteiger partial charge in [-0.25, -0.2) is 4.79 Å². The van der Waals surface area contributed by atoms with Crippen LogP contribution in [0.2, 0.25) is 0 Å². The number of aliphatic hydroxyl groups is 1. The van der Waals surface area contributed by atoms with Crippen molar-refractivity contribution in [2.75, 3.05) is 26.3 Å². The molecule has 2 unspecified atom stereocenters. The summed E-state index contributed by atoms with van der Waals surface area (Å²) in [5, 5.41) is 11.9. The number of nitrogens with zero attached hydrogens (tertiary/aromatic N) is 1. The van der Waals surface area contributed by atoms with Crippen LogP contribution in [0.25, 0.3) is 0 Å². The molecule has 20 heavy (non-hydrogen) atoms. The number of hydrogen-bond acceptors (Lipinski definition) is 4.